The zero-order valence-electron chi connectivity index (χ0n) is 14.9. The Morgan fingerprint density at radius 3 is 2.38 bits per heavy atom. The zero-order valence-corrected chi connectivity index (χ0v) is 14.9. The number of anilines is 1. The number of aromatic nitrogens is 1. The van der Waals surface area contributed by atoms with Crippen molar-refractivity contribution in [3.63, 3.8) is 0 Å². The molecule has 2 heterocycles. The number of nitrogens with one attached hydrogen (secondary N) is 3. The molecule has 2 aromatic rings. The normalized spacial score (nSPS) is 16.4. The highest BCUT2D eigenvalue weighted by Crippen LogP contribution is 2.28. The average Bonchev–Trinajstić information content (AvgIpc) is 3.06. The van der Waals surface area contributed by atoms with Gasteiger partial charge in [0.2, 0.25) is 0 Å². The van der Waals surface area contributed by atoms with Crippen molar-refractivity contribution in [2.75, 3.05) is 5.32 Å². The SMILES string of the molecule is CC(C)(C)C1=CC(NC(=O)Nc2ccc(Oc3ccncc3)cc2)NO1. The summed E-state index contributed by atoms with van der Waals surface area (Å²) >= 11 is 0. The number of carbonyl (C=O) groups excluding carboxylic acids is 1. The van der Waals surface area contributed by atoms with Crippen molar-refractivity contribution < 1.29 is 14.4 Å². The van der Waals surface area contributed by atoms with Gasteiger partial charge in [-0.25, -0.2) is 4.79 Å². The van der Waals surface area contributed by atoms with Crippen molar-refractivity contribution >= 4 is 11.7 Å². The molecule has 7 nitrogen and oxygen atoms in total. The lowest BCUT2D eigenvalue weighted by molar-refractivity contribution is 0.0755. The zero-order chi connectivity index (χ0) is 18.6. The van der Waals surface area contributed by atoms with Crippen LogP contribution >= 0.6 is 0 Å². The van der Waals surface area contributed by atoms with Crippen LogP contribution < -0.4 is 20.9 Å². The minimum atomic E-state index is -0.376. The molecule has 3 rings (SSSR count). The van der Waals surface area contributed by atoms with Crippen LogP contribution in [0.15, 0.2) is 60.6 Å². The molecule has 1 aliphatic rings. The van der Waals surface area contributed by atoms with Crippen molar-refractivity contribution in [2.24, 2.45) is 5.41 Å². The van der Waals surface area contributed by atoms with Gasteiger partial charge < -0.3 is 20.2 Å². The van der Waals surface area contributed by atoms with Crippen molar-refractivity contribution in [3.05, 3.63) is 60.6 Å². The number of carbonyl (C=O) groups is 1. The molecule has 1 aromatic carbocycles. The monoisotopic (exact) mass is 354 g/mol. The van der Waals surface area contributed by atoms with Gasteiger partial charge >= 0.3 is 6.03 Å². The highest BCUT2D eigenvalue weighted by atomic mass is 16.7. The van der Waals surface area contributed by atoms with Gasteiger partial charge in [-0.2, -0.15) is 0 Å². The smallest absolute Gasteiger partial charge is 0.320 e. The minimum absolute atomic E-state index is 0.120. The first-order valence-corrected chi connectivity index (χ1v) is 8.30. The summed E-state index contributed by atoms with van der Waals surface area (Å²) in [6.07, 6.45) is 4.80. The number of amides is 2. The fourth-order valence-corrected chi connectivity index (χ4v) is 2.28. The number of ether oxygens (including phenoxy) is 1. The molecule has 1 aliphatic heterocycles. The topological polar surface area (TPSA) is 84.5 Å². The van der Waals surface area contributed by atoms with Crippen molar-refractivity contribution in [1.82, 2.24) is 15.8 Å². The number of nitrogens with zero attached hydrogens (tertiary/aromatic N) is 1. The Morgan fingerprint density at radius 2 is 1.77 bits per heavy atom. The summed E-state index contributed by atoms with van der Waals surface area (Å²) < 4.78 is 5.69. The van der Waals surface area contributed by atoms with E-state index in [1.807, 2.05) is 26.8 Å². The number of allylic oxidation sites excluding steroid dienone is 1. The summed E-state index contributed by atoms with van der Waals surface area (Å²) in [5.41, 5.74) is 3.31. The molecule has 136 valence electrons. The number of urea groups is 1. The maximum absolute atomic E-state index is 12.1. The van der Waals surface area contributed by atoms with Gasteiger partial charge in [-0.3, -0.25) is 4.98 Å². The number of hydrogen-bond acceptors (Lipinski definition) is 5. The second-order valence-electron chi connectivity index (χ2n) is 6.89. The predicted molar refractivity (Wildman–Crippen MR) is 98.5 cm³/mol. The lowest BCUT2D eigenvalue weighted by atomic mass is 9.94. The molecule has 7 heteroatoms. The van der Waals surface area contributed by atoms with Gasteiger partial charge in [-0.1, -0.05) is 20.8 Å². The minimum Gasteiger partial charge on any atom is -0.457 e. The second kappa shape index (κ2) is 7.45. The molecule has 3 N–H and O–H groups in total. The summed E-state index contributed by atoms with van der Waals surface area (Å²) in [4.78, 5) is 21.5. The van der Waals surface area contributed by atoms with Crippen LogP contribution in [0.5, 0.6) is 11.5 Å². The van der Waals surface area contributed by atoms with Crippen LogP contribution in [-0.2, 0) is 4.84 Å². The van der Waals surface area contributed by atoms with E-state index in [0.29, 0.717) is 17.2 Å². The Morgan fingerprint density at radius 1 is 1.12 bits per heavy atom. The molecule has 0 aliphatic carbocycles. The third-order valence-corrected chi connectivity index (χ3v) is 3.64. The van der Waals surface area contributed by atoms with Gasteiger partial charge in [0.05, 0.1) is 0 Å². The molecular weight excluding hydrogens is 332 g/mol. The van der Waals surface area contributed by atoms with Crippen LogP contribution in [0.1, 0.15) is 20.8 Å². The van der Waals surface area contributed by atoms with Gasteiger partial charge in [0.1, 0.15) is 23.4 Å². The molecule has 1 atom stereocenters. The maximum atomic E-state index is 12.1. The standard InChI is InChI=1S/C19H22N4O3/c1-19(2,3)16-12-17(23-26-16)22-18(24)21-13-4-6-14(7-5-13)25-15-8-10-20-11-9-15/h4-12,17,23H,1-3H3,(H2,21,22,24). The van der Waals surface area contributed by atoms with Crippen LogP contribution in [0.3, 0.4) is 0 Å². The summed E-state index contributed by atoms with van der Waals surface area (Å²) in [5, 5.41) is 5.56. The van der Waals surface area contributed by atoms with E-state index in [2.05, 4.69) is 21.1 Å². The highest BCUT2D eigenvalue weighted by Gasteiger charge is 2.27. The molecule has 26 heavy (non-hydrogen) atoms. The Kier molecular flexibility index (Phi) is 5.09. The van der Waals surface area contributed by atoms with Crippen LogP contribution in [0.2, 0.25) is 0 Å². The number of pyridine rings is 1. The Balaban J connectivity index is 1.53. The van der Waals surface area contributed by atoms with Crippen LogP contribution in [0.4, 0.5) is 10.5 Å². The van der Waals surface area contributed by atoms with Crippen LogP contribution in [-0.4, -0.2) is 17.2 Å². The lowest BCUT2D eigenvalue weighted by Crippen LogP contribution is -2.43. The second-order valence-corrected chi connectivity index (χ2v) is 6.89. The first-order chi connectivity index (χ1) is 12.4. The molecular formula is C19H22N4O3. The van der Waals surface area contributed by atoms with Crippen molar-refractivity contribution in [2.45, 2.75) is 26.9 Å². The molecule has 0 bridgehead atoms. The van der Waals surface area contributed by atoms with E-state index in [-0.39, 0.29) is 17.6 Å². The molecule has 0 fully saturated rings. The third-order valence-electron chi connectivity index (χ3n) is 3.64. The van der Waals surface area contributed by atoms with Crippen LogP contribution in [0.25, 0.3) is 0 Å². The number of rotatable bonds is 4. The van der Waals surface area contributed by atoms with Crippen LogP contribution in [0, 0.1) is 5.41 Å². The van der Waals surface area contributed by atoms with E-state index < -0.39 is 0 Å². The summed E-state index contributed by atoms with van der Waals surface area (Å²) in [6, 6.07) is 10.3. The fourth-order valence-electron chi connectivity index (χ4n) is 2.28. The van der Waals surface area contributed by atoms with E-state index in [1.54, 1.807) is 48.8 Å². The first-order valence-electron chi connectivity index (χ1n) is 8.30. The number of benzene rings is 1. The lowest BCUT2D eigenvalue weighted by Gasteiger charge is -2.17. The van der Waals surface area contributed by atoms with Gasteiger partial charge in [0.25, 0.3) is 0 Å². The van der Waals surface area contributed by atoms with Crippen molar-refractivity contribution in [1.29, 1.82) is 0 Å². The number of hydrogen-bond donors (Lipinski definition) is 3. The molecule has 0 spiro atoms. The molecule has 0 radical (unpaired) electrons. The van der Waals surface area contributed by atoms with E-state index in [9.17, 15) is 4.79 Å². The predicted octanol–water partition coefficient (Wildman–Crippen LogP) is 3.79. The molecule has 1 unspecified atom stereocenters. The quantitative estimate of drug-likeness (QED) is 0.778. The van der Waals surface area contributed by atoms with Gasteiger partial charge in [0.15, 0.2) is 0 Å². The molecule has 1 aromatic heterocycles. The van der Waals surface area contributed by atoms with E-state index in [4.69, 9.17) is 9.57 Å². The summed E-state index contributed by atoms with van der Waals surface area (Å²) in [6.45, 7) is 6.12. The summed E-state index contributed by atoms with van der Waals surface area (Å²) in [5.74, 6) is 2.17. The summed E-state index contributed by atoms with van der Waals surface area (Å²) in [7, 11) is 0. The Labute approximate surface area is 152 Å². The van der Waals surface area contributed by atoms with Gasteiger partial charge in [-0.15, -0.1) is 5.48 Å². The molecule has 0 saturated carbocycles. The Bertz CT molecular complexity index is 783. The largest absolute Gasteiger partial charge is 0.457 e. The Hall–Kier alpha value is -3.06. The first kappa shape index (κ1) is 17.8. The van der Waals surface area contributed by atoms with E-state index in [1.165, 1.54) is 0 Å². The highest BCUT2D eigenvalue weighted by molar-refractivity contribution is 5.89. The molecule has 2 amide bonds. The third kappa shape index (κ3) is 4.73. The van der Waals surface area contributed by atoms with Crippen molar-refractivity contribution in [3.8, 4) is 11.5 Å². The maximum Gasteiger partial charge on any atom is 0.320 e. The van der Waals surface area contributed by atoms with Gasteiger partial charge in [0, 0.05) is 23.5 Å². The van der Waals surface area contributed by atoms with E-state index >= 15 is 0 Å². The van der Waals surface area contributed by atoms with E-state index in [0.717, 1.165) is 5.76 Å². The number of hydroxylamine groups is 1. The van der Waals surface area contributed by atoms with Gasteiger partial charge in [-0.05, 0) is 42.5 Å². The molecule has 0 saturated heterocycles. The fraction of sp³-hybridized carbons (Fsp3) is 0.263. The average molecular weight is 354 g/mol.